The Labute approximate surface area is 137 Å². The summed E-state index contributed by atoms with van der Waals surface area (Å²) in [6.45, 7) is 8.48. The minimum atomic E-state index is -0.225. The number of benzene rings is 1. The molecule has 0 spiro atoms. The third-order valence-corrected chi connectivity index (χ3v) is 3.55. The van der Waals surface area contributed by atoms with Crippen LogP contribution in [0.25, 0.3) is 0 Å². The second-order valence-corrected chi connectivity index (χ2v) is 4.96. The molecule has 0 aliphatic carbocycles. The van der Waals surface area contributed by atoms with E-state index in [4.69, 9.17) is 4.74 Å². The normalized spacial score (nSPS) is 10.2. The zero-order valence-electron chi connectivity index (χ0n) is 13.9. The smallest absolute Gasteiger partial charge is 0.261 e. The predicted molar refractivity (Wildman–Crippen MR) is 93.4 cm³/mol. The van der Waals surface area contributed by atoms with Gasteiger partial charge in [-0.25, -0.2) is 4.98 Å². The lowest BCUT2D eigenvalue weighted by molar-refractivity contribution is 0.102. The largest absolute Gasteiger partial charge is 0.477 e. The summed E-state index contributed by atoms with van der Waals surface area (Å²) in [7, 11) is 0. The standard InChI is InChI=1S/C18H23N3O2/c1-4-21(5-2)15-11-9-14(10-12-15)20-17(22)16-8-7-13-19-18(16)23-6-3/h7-13H,4-6H2,1-3H3,(H,20,22). The number of nitrogens with one attached hydrogen (secondary N) is 1. The second kappa shape index (κ2) is 8.17. The molecule has 0 fully saturated rings. The SMILES string of the molecule is CCOc1ncccc1C(=O)Nc1ccc(N(CC)CC)cc1. The Hall–Kier alpha value is -2.56. The number of hydrogen-bond donors (Lipinski definition) is 1. The highest BCUT2D eigenvalue weighted by Crippen LogP contribution is 2.20. The minimum Gasteiger partial charge on any atom is -0.477 e. The van der Waals surface area contributed by atoms with Gasteiger partial charge in [-0.2, -0.15) is 0 Å². The monoisotopic (exact) mass is 313 g/mol. The van der Waals surface area contributed by atoms with E-state index in [2.05, 4.69) is 29.0 Å². The molecule has 23 heavy (non-hydrogen) atoms. The molecule has 0 aliphatic rings. The Bertz CT molecular complexity index is 637. The van der Waals surface area contributed by atoms with Gasteiger partial charge in [-0.3, -0.25) is 4.79 Å². The zero-order chi connectivity index (χ0) is 16.7. The Balaban J connectivity index is 2.11. The van der Waals surface area contributed by atoms with Gasteiger partial charge in [-0.1, -0.05) is 0 Å². The molecule has 122 valence electrons. The minimum absolute atomic E-state index is 0.225. The third kappa shape index (κ3) is 4.22. The van der Waals surface area contributed by atoms with Crippen LogP contribution in [0.2, 0.25) is 0 Å². The van der Waals surface area contributed by atoms with Crippen molar-refractivity contribution in [1.29, 1.82) is 0 Å². The van der Waals surface area contributed by atoms with Crippen LogP contribution in [-0.2, 0) is 0 Å². The first-order chi connectivity index (χ1) is 11.2. The van der Waals surface area contributed by atoms with Crippen molar-refractivity contribution in [2.45, 2.75) is 20.8 Å². The first kappa shape index (κ1) is 16.8. The molecular formula is C18H23N3O2. The zero-order valence-corrected chi connectivity index (χ0v) is 13.9. The Morgan fingerprint density at radius 1 is 1.13 bits per heavy atom. The summed E-state index contributed by atoms with van der Waals surface area (Å²) >= 11 is 0. The van der Waals surface area contributed by atoms with Crippen molar-refractivity contribution in [2.24, 2.45) is 0 Å². The summed E-state index contributed by atoms with van der Waals surface area (Å²) in [4.78, 5) is 18.8. The van der Waals surface area contributed by atoms with Crippen molar-refractivity contribution < 1.29 is 9.53 Å². The molecule has 0 saturated heterocycles. The van der Waals surface area contributed by atoms with Gasteiger partial charge < -0.3 is 15.0 Å². The van der Waals surface area contributed by atoms with Crippen LogP contribution in [-0.4, -0.2) is 30.6 Å². The maximum absolute atomic E-state index is 12.4. The fourth-order valence-corrected chi connectivity index (χ4v) is 2.36. The molecule has 2 aromatic rings. The molecule has 1 N–H and O–H groups in total. The molecule has 0 saturated carbocycles. The predicted octanol–water partition coefficient (Wildman–Crippen LogP) is 3.58. The Kier molecular flexibility index (Phi) is 5.97. The van der Waals surface area contributed by atoms with Crippen molar-refractivity contribution in [3.05, 3.63) is 48.2 Å². The van der Waals surface area contributed by atoms with E-state index in [-0.39, 0.29) is 5.91 Å². The van der Waals surface area contributed by atoms with Crippen LogP contribution in [0.15, 0.2) is 42.6 Å². The topological polar surface area (TPSA) is 54.5 Å². The van der Waals surface area contributed by atoms with Crippen LogP contribution >= 0.6 is 0 Å². The van der Waals surface area contributed by atoms with Gasteiger partial charge in [0.05, 0.1) is 6.61 Å². The number of carbonyl (C=O) groups excluding carboxylic acids is 1. The maximum Gasteiger partial charge on any atom is 0.261 e. The van der Waals surface area contributed by atoms with E-state index in [0.29, 0.717) is 18.1 Å². The van der Waals surface area contributed by atoms with Gasteiger partial charge in [0.2, 0.25) is 5.88 Å². The molecule has 5 nitrogen and oxygen atoms in total. The van der Waals surface area contributed by atoms with Crippen LogP contribution in [0.1, 0.15) is 31.1 Å². The summed E-state index contributed by atoms with van der Waals surface area (Å²) in [6.07, 6.45) is 1.61. The number of pyridine rings is 1. The van der Waals surface area contributed by atoms with Crippen LogP contribution in [0, 0.1) is 0 Å². The number of carbonyl (C=O) groups is 1. The maximum atomic E-state index is 12.4. The van der Waals surface area contributed by atoms with E-state index in [1.54, 1.807) is 18.3 Å². The lowest BCUT2D eigenvalue weighted by Gasteiger charge is -2.21. The number of amides is 1. The lowest BCUT2D eigenvalue weighted by Crippen LogP contribution is -2.21. The molecule has 0 radical (unpaired) electrons. The highest BCUT2D eigenvalue weighted by atomic mass is 16.5. The molecular weight excluding hydrogens is 290 g/mol. The molecule has 1 aromatic heterocycles. The fourth-order valence-electron chi connectivity index (χ4n) is 2.36. The van der Waals surface area contributed by atoms with Gasteiger partial charge in [0.15, 0.2) is 0 Å². The fraction of sp³-hybridized carbons (Fsp3) is 0.333. The van der Waals surface area contributed by atoms with E-state index in [9.17, 15) is 4.79 Å². The van der Waals surface area contributed by atoms with Crippen LogP contribution < -0.4 is 15.0 Å². The molecule has 0 bridgehead atoms. The molecule has 5 heteroatoms. The molecule has 1 heterocycles. The van der Waals surface area contributed by atoms with Gasteiger partial charge in [-0.05, 0) is 57.2 Å². The molecule has 0 unspecified atom stereocenters. The van der Waals surface area contributed by atoms with Crippen LogP contribution in [0.4, 0.5) is 11.4 Å². The number of aromatic nitrogens is 1. The molecule has 0 aliphatic heterocycles. The van der Waals surface area contributed by atoms with E-state index >= 15 is 0 Å². The number of ether oxygens (including phenoxy) is 1. The van der Waals surface area contributed by atoms with E-state index in [0.717, 1.165) is 24.5 Å². The average molecular weight is 313 g/mol. The van der Waals surface area contributed by atoms with E-state index in [1.165, 1.54) is 0 Å². The number of nitrogens with zero attached hydrogens (tertiary/aromatic N) is 2. The third-order valence-electron chi connectivity index (χ3n) is 3.55. The van der Waals surface area contributed by atoms with Crippen molar-refractivity contribution in [1.82, 2.24) is 4.98 Å². The highest BCUT2D eigenvalue weighted by molar-refractivity contribution is 6.05. The Morgan fingerprint density at radius 3 is 2.43 bits per heavy atom. The molecule has 1 amide bonds. The summed E-state index contributed by atoms with van der Waals surface area (Å²) in [5.41, 5.74) is 2.32. The molecule has 1 aromatic carbocycles. The van der Waals surface area contributed by atoms with Crippen molar-refractivity contribution in [3.8, 4) is 5.88 Å². The van der Waals surface area contributed by atoms with Crippen molar-refractivity contribution in [2.75, 3.05) is 29.9 Å². The summed E-state index contributed by atoms with van der Waals surface area (Å²) in [5.74, 6) is 0.129. The number of anilines is 2. The quantitative estimate of drug-likeness (QED) is 0.849. The summed E-state index contributed by atoms with van der Waals surface area (Å²) in [6, 6.07) is 11.3. The van der Waals surface area contributed by atoms with Crippen molar-refractivity contribution >= 4 is 17.3 Å². The van der Waals surface area contributed by atoms with Crippen molar-refractivity contribution in [3.63, 3.8) is 0 Å². The molecule has 0 atom stereocenters. The molecule has 2 rings (SSSR count). The van der Waals surface area contributed by atoms with E-state index in [1.807, 2.05) is 31.2 Å². The van der Waals surface area contributed by atoms with Crippen LogP contribution in [0.3, 0.4) is 0 Å². The summed E-state index contributed by atoms with van der Waals surface area (Å²) < 4.78 is 5.40. The van der Waals surface area contributed by atoms with Gasteiger partial charge in [-0.15, -0.1) is 0 Å². The van der Waals surface area contributed by atoms with E-state index < -0.39 is 0 Å². The second-order valence-electron chi connectivity index (χ2n) is 4.96. The van der Waals surface area contributed by atoms with Gasteiger partial charge in [0.25, 0.3) is 5.91 Å². The van der Waals surface area contributed by atoms with Gasteiger partial charge in [0.1, 0.15) is 5.56 Å². The average Bonchev–Trinajstić information content (AvgIpc) is 2.58. The van der Waals surface area contributed by atoms with Gasteiger partial charge >= 0.3 is 0 Å². The number of rotatable bonds is 7. The Morgan fingerprint density at radius 2 is 1.83 bits per heavy atom. The first-order valence-corrected chi connectivity index (χ1v) is 7.93. The number of hydrogen-bond acceptors (Lipinski definition) is 4. The lowest BCUT2D eigenvalue weighted by atomic mass is 10.2. The van der Waals surface area contributed by atoms with Gasteiger partial charge in [0, 0.05) is 30.7 Å². The first-order valence-electron chi connectivity index (χ1n) is 7.93. The summed E-state index contributed by atoms with van der Waals surface area (Å²) in [5, 5.41) is 2.88. The highest BCUT2D eigenvalue weighted by Gasteiger charge is 2.13. The van der Waals surface area contributed by atoms with Crippen LogP contribution in [0.5, 0.6) is 5.88 Å².